The van der Waals surface area contributed by atoms with Crippen LogP contribution in [0.25, 0.3) is 66.1 Å². The molecular weight excluding hydrogens is 1080 g/mol. The van der Waals surface area contributed by atoms with Crippen LogP contribution in [0.2, 0.25) is 10.3 Å². The molecule has 81 heavy (non-hydrogen) atoms. The van der Waals surface area contributed by atoms with E-state index in [1.807, 2.05) is 127 Å². The summed E-state index contributed by atoms with van der Waals surface area (Å²) in [5.41, 5.74) is 16.7. The maximum absolute atomic E-state index is 12.4. The molecule has 0 aliphatic carbocycles. The summed E-state index contributed by atoms with van der Waals surface area (Å²) >= 11 is 18.5. The first kappa shape index (κ1) is 58.0. The Kier molecular flexibility index (Phi) is 20.5. The number of carbonyl (C=O) groups is 4. The molecule has 0 saturated carbocycles. The summed E-state index contributed by atoms with van der Waals surface area (Å²) in [7, 11) is 0. The fourth-order valence-corrected chi connectivity index (χ4v) is 9.57. The standard InChI is InChI=1S/C32H27ClN4O3.C27H21ClN4.C5H7ClO3/c1-2-40-28(39)19-27(38)36-23-14-8-12-22(18-23)29-26-16-9-15-25(21-10-4-3-5-11-21)30(26)32(37-31(29)33)35-20-24-13-6-7-17-34-24;28-26-24(19-10-6-11-20(29)16-19)23-14-7-13-22(18-8-2-1-3-9-18)25(23)27(32-26)31-17-21-12-4-5-15-30-21;1-2-9-5(8)3-4(6)7/h3-18H,2,19-20H2,1H3,(H,35,37)(H,36,38);1-16H,17,29H2,(H,31,32);2-3H2,1H3. The van der Waals surface area contributed by atoms with E-state index >= 15 is 0 Å². The molecule has 0 unspecified atom stereocenters. The predicted molar refractivity (Wildman–Crippen MR) is 325 cm³/mol. The van der Waals surface area contributed by atoms with Crippen molar-refractivity contribution in [2.75, 3.05) is 34.9 Å². The van der Waals surface area contributed by atoms with Gasteiger partial charge in [-0.3, -0.25) is 29.1 Å². The highest BCUT2D eigenvalue weighted by Gasteiger charge is 2.21. The van der Waals surface area contributed by atoms with Crippen LogP contribution in [0.15, 0.2) is 194 Å². The quantitative estimate of drug-likeness (QED) is 0.0221. The molecule has 10 rings (SSSR count). The lowest BCUT2D eigenvalue weighted by Crippen LogP contribution is -2.18. The van der Waals surface area contributed by atoms with Crippen LogP contribution in [0.5, 0.6) is 0 Å². The van der Waals surface area contributed by atoms with Gasteiger partial charge in [0.2, 0.25) is 11.1 Å². The number of aromatic nitrogens is 4. The zero-order valence-electron chi connectivity index (χ0n) is 44.2. The minimum Gasteiger partial charge on any atom is -0.466 e. The Morgan fingerprint density at radius 2 is 0.951 bits per heavy atom. The molecule has 1 amide bonds. The molecule has 0 aliphatic heterocycles. The lowest BCUT2D eigenvalue weighted by Gasteiger charge is -2.18. The maximum atomic E-state index is 12.4. The van der Waals surface area contributed by atoms with Gasteiger partial charge in [-0.25, -0.2) is 9.97 Å². The molecule has 4 aromatic heterocycles. The molecule has 14 nitrogen and oxygen atoms in total. The van der Waals surface area contributed by atoms with Gasteiger partial charge in [0.1, 0.15) is 34.8 Å². The number of rotatable bonds is 17. The number of halogens is 3. The first-order chi connectivity index (χ1) is 39.4. The largest absolute Gasteiger partial charge is 0.466 e. The Labute approximate surface area is 483 Å². The van der Waals surface area contributed by atoms with E-state index < -0.39 is 23.1 Å². The molecule has 0 bridgehead atoms. The zero-order valence-corrected chi connectivity index (χ0v) is 46.4. The molecular formula is C64H55Cl3N8O6. The van der Waals surface area contributed by atoms with Crippen LogP contribution in [-0.2, 0) is 41.7 Å². The van der Waals surface area contributed by atoms with Gasteiger partial charge in [-0.15, -0.1) is 0 Å². The van der Waals surface area contributed by atoms with Gasteiger partial charge in [0, 0.05) is 45.7 Å². The molecule has 0 radical (unpaired) electrons. The predicted octanol–water partition coefficient (Wildman–Crippen LogP) is 14.6. The van der Waals surface area contributed by atoms with Crippen molar-refractivity contribution in [3.05, 3.63) is 216 Å². The van der Waals surface area contributed by atoms with E-state index in [-0.39, 0.29) is 26.1 Å². The number of amides is 1. The number of carbonyl (C=O) groups excluding carboxylic acids is 4. The molecule has 0 atom stereocenters. The number of benzene rings is 6. The van der Waals surface area contributed by atoms with Crippen molar-refractivity contribution in [1.29, 1.82) is 0 Å². The molecule has 0 fully saturated rings. The Hall–Kier alpha value is -9.21. The molecule has 0 spiro atoms. The van der Waals surface area contributed by atoms with E-state index in [2.05, 4.69) is 79.2 Å². The van der Waals surface area contributed by atoms with E-state index in [0.29, 0.717) is 40.6 Å². The second-order valence-electron chi connectivity index (χ2n) is 17.9. The number of ether oxygens (including phenoxy) is 2. The van der Waals surface area contributed by atoms with E-state index in [1.165, 1.54) is 0 Å². The summed E-state index contributed by atoms with van der Waals surface area (Å²) in [5.74, 6) is -0.227. The van der Waals surface area contributed by atoms with Crippen LogP contribution in [0.3, 0.4) is 0 Å². The smallest absolute Gasteiger partial charge is 0.315 e. The van der Waals surface area contributed by atoms with Gasteiger partial charge in [0.25, 0.3) is 0 Å². The fourth-order valence-electron chi connectivity index (χ4n) is 8.87. The van der Waals surface area contributed by atoms with Crippen molar-refractivity contribution in [2.24, 2.45) is 0 Å². The monoisotopic (exact) mass is 1140 g/mol. The van der Waals surface area contributed by atoms with Crippen molar-refractivity contribution < 1.29 is 28.7 Å². The number of nitrogens with zero attached hydrogens (tertiary/aromatic N) is 4. The molecule has 5 N–H and O–H groups in total. The molecule has 4 heterocycles. The average molecular weight is 1140 g/mol. The third-order valence-corrected chi connectivity index (χ3v) is 13.0. The van der Waals surface area contributed by atoms with Crippen molar-refractivity contribution >= 4 is 102 Å². The van der Waals surface area contributed by atoms with Crippen LogP contribution in [0.4, 0.5) is 23.0 Å². The van der Waals surface area contributed by atoms with Gasteiger partial charge in [0.15, 0.2) is 0 Å². The SMILES string of the molecule is CCOC(=O)CC(=O)Cl.CCOC(=O)CC(=O)Nc1cccc(-c2c(Cl)nc(NCc3ccccn3)c3c(-c4ccccc4)cccc23)c1.Nc1cccc(-c2c(Cl)nc(NCc3ccccn3)c3c(-c4ccccc4)cccc23)c1. The summed E-state index contributed by atoms with van der Waals surface area (Å²) in [5, 5.41) is 13.6. The lowest BCUT2D eigenvalue weighted by atomic mass is 9.94. The molecule has 0 saturated heterocycles. The third-order valence-electron chi connectivity index (χ3n) is 12.3. The fraction of sp³-hybridized carbons (Fsp3) is 0.125. The van der Waals surface area contributed by atoms with Crippen molar-refractivity contribution in [2.45, 2.75) is 39.8 Å². The van der Waals surface area contributed by atoms with Crippen LogP contribution in [0, 0.1) is 0 Å². The van der Waals surface area contributed by atoms with E-state index in [4.69, 9.17) is 55.2 Å². The normalized spacial score (nSPS) is 10.6. The van der Waals surface area contributed by atoms with E-state index in [9.17, 15) is 19.2 Å². The van der Waals surface area contributed by atoms with E-state index in [0.717, 1.165) is 83.3 Å². The number of hydrogen-bond donors (Lipinski definition) is 4. The summed E-state index contributed by atoms with van der Waals surface area (Å²) in [6, 6.07) is 59.4. The average Bonchev–Trinajstić information content (AvgIpc) is 3.62. The highest BCUT2D eigenvalue weighted by molar-refractivity contribution is 6.64. The van der Waals surface area contributed by atoms with Crippen molar-refractivity contribution in [3.63, 3.8) is 0 Å². The Morgan fingerprint density at radius 3 is 1.41 bits per heavy atom. The number of fused-ring (bicyclic) bond motifs is 2. The molecule has 6 aromatic carbocycles. The number of nitrogen functional groups attached to an aromatic ring is 1. The highest BCUT2D eigenvalue weighted by atomic mass is 35.5. The number of anilines is 4. The minimum absolute atomic E-state index is 0.220. The van der Waals surface area contributed by atoms with Crippen LogP contribution in [-0.4, -0.2) is 56.2 Å². The first-order valence-electron chi connectivity index (χ1n) is 25.8. The Bertz CT molecular complexity index is 3810. The van der Waals surface area contributed by atoms with Crippen molar-refractivity contribution in [1.82, 2.24) is 19.9 Å². The molecule has 0 aliphatic rings. The molecule has 10 aromatic rings. The van der Waals surface area contributed by atoms with Gasteiger partial charge in [-0.2, -0.15) is 0 Å². The Balaban J connectivity index is 0.000000188. The van der Waals surface area contributed by atoms with Crippen LogP contribution in [0.1, 0.15) is 38.1 Å². The maximum Gasteiger partial charge on any atom is 0.315 e. The number of hydrogen-bond acceptors (Lipinski definition) is 13. The van der Waals surface area contributed by atoms with Gasteiger partial charge in [0.05, 0.1) is 37.7 Å². The van der Waals surface area contributed by atoms with Gasteiger partial charge < -0.3 is 31.2 Å². The summed E-state index contributed by atoms with van der Waals surface area (Å²) in [4.78, 5) is 62.9. The summed E-state index contributed by atoms with van der Waals surface area (Å²) < 4.78 is 9.29. The number of nitrogens with two attached hydrogens (primary N) is 1. The Morgan fingerprint density at radius 1 is 0.506 bits per heavy atom. The second kappa shape index (κ2) is 28.6. The summed E-state index contributed by atoms with van der Waals surface area (Å²) in [6.07, 6.45) is 2.84. The number of pyridine rings is 4. The lowest BCUT2D eigenvalue weighted by molar-refractivity contribution is -0.146. The second-order valence-corrected chi connectivity index (χ2v) is 19.0. The first-order valence-corrected chi connectivity index (χ1v) is 26.9. The summed E-state index contributed by atoms with van der Waals surface area (Å²) in [6.45, 7) is 4.88. The zero-order chi connectivity index (χ0) is 57.1. The van der Waals surface area contributed by atoms with Crippen LogP contribution < -0.4 is 21.7 Å². The molecule has 17 heteroatoms. The van der Waals surface area contributed by atoms with Crippen LogP contribution >= 0.6 is 34.8 Å². The third kappa shape index (κ3) is 15.5. The number of esters is 2. The number of nitrogens with one attached hydrogen (secondary N) is 3. The van der Waals surface area contributed by atoms with Gasteiger partial charge in [-0.1, -0.05) is 157 Å². The van der Waals surface area contributed by atoms with Gasteiger partial charge in [-0.05, 0) is 118 Å². The van der Waals surface area contributed by atoms with E-state index in [1.54, 1.807) is 32.3 Å². The topological polar surface area (TPSA) is 200 Å². The molecule has 408 valence electrons. The minimum atomic E-state index is -0.687. The highest BCUT2D eigenvalue weighted by Crippen LogP contribution is 2.44. The van der Waals surface area contributed by atoms with Crippen molar-refractivity contribution in [3.8, 4) is 44.5 Å². The van der Waals surface area contributed by atoms with Gasteiger partial charge >= 0.3 is 11.9 Å².